The van der Waals surface area contributed by atoms with E-state index < -0.39 is 11.4 Å². The van der Waals surface area contributed by atoms with E-state index in [2.05, 4.69) is 10.00 Å². The lowest BCUT2D eigenvalue weighted by Gasteiger charge is -2.30. The van der Waals surface area contributed by atoms with Crippen LogP contribution in [-0.4, -0.2) is 33.8 Å². The standard InChI is InChI=1S/C26H25F2N5O/c1-16(29)15-34-20-5-2-17(3-6-20)21-14-30-33-11-9-24(31-25(21)33)32-10-8-18-13-26(18,32)22-12-19(27)4-7-23(22)28/h2-7,9,11-12,14,16,18H,8,10,13,15,29H2,1H3/t16-,18+,26-/m1/s1. The average Bonchev–Trinajstić information content (AvgIpc) is 3.21. The molecule has 2 fully saturated rings. The zero-order valence-corrected chi connectivity index (χ0v) is 18.8. The lowest BCUT2D eigenvalue weighted by Crippen LogP contribution is -2.34. The van der Waals surface area contributed by atoms with Gasteiger partial charge >= 0.3 is 0 Å². The molecule has 6 rings (SSSR count). The topological polar surface area (TPSA) is 68.7 Å². The number of anilines is 1. The van der Waals surface area contributed by atoms with Crippen LogP contribution < -0.4 is 15.4 Å². The van der Waals surface area contributed by atoms with Crippen molar-refractivity contribution in [2.75, 3.05) is 18.1 Å². The smallest absolute Gasteiger partial charge is 0.165 e. The molecule has 0 unspecified atom stereocenters. The molecule has 1 aliphatic carbocycles. The summed E-state index contributed by atoms with van der Waals surface area (Å²) in [5.74, 6) is 1.01. The fourth-order valence-corrected chi connectivity index (χ4v) is 5.27. The van der Waals surface area contributed by atoms with Crippen molar-refractivity contribution in [1.82, 2.24) is 14.6 Å². The van der Waals surface area contributed by atoms with Crippen LogP contribution >= 0.6 is 0 Å². The van der Waals surface area contributed by atoms with Gasteiger partial charge in [0.05, 0.1) is 11.7 Å². The fourth-order valence-electron chi connectivity index (χ4n) is 5.27. The zero-order chi connectivity index (χ0) is 23.4. The van der Waals surface area contributed by atoms with Gasteiger partial charge in [-0.1, -0.05) is 12.1 Å². The number of benzene rings is 2. The van der Waals surface area contributed by atoms with E-state index in [-0.39, 0.29) is 11.9 Å². The summed E-state index contributed by atoms with van der Waals surface area (Å²) in [6.07, 6.45) is 5.38. The van der Waals surface area contributed by atoms with Crippen molar-refractivity contribution >= 4 is 11.5 Å². The van der Waals surface area contributed by atoms with Crippen LogP contribution in [0.25, 0.3) is 16.8 Å². The second-order valence-electron chi connectivity index (χ2n) is 9.31. The number of halogens is 2. The molecule has 0 spiro atoms. The van der Waals surface area contributed by atoms with E-state index in [0.29, 0.717) is 23.7 Å². The van der Waals surface area contributed by atoms with Gasteiger partial charge in [-0.2, -0.15) is 5.10 Å². The Morgan fingerprint density at radius 1 is 1.18 bits per heavy atom. The predicted octanol–water partition coefficient (Wildman–Crippen LogP) is 4.53. The molecule has 0 radical (unpaired) electrons. The predicted molar refractivity (Wildman–Crippen MR) is 126 cm³/mol. The third-order valence-corrected chi connectivity index (χ3v) is 6.96. The molecule has 1 saturated carbocycles. The largest absolute Gasteiger partial charge is 0.492 e. The Bertz CT molecular complexity index is 1370. The highest BCUT2D eigenvalue weighted by atomic mass is 19.1. The van der Waals surface area contributed by atoms with Crippen LogP contribution in [-0.2, 0) is 5.54 Å². The number of nitrogens with two attached hydrogens (primary N) is 1. The van der Waals surface area contributed by atoms with Crippen molar-refractivity contribution in [2.45, 2.75) is 31.3 Å². The molecule has 8 heteroatoms. The molecule has 2 aromatic heterocycles. The molecule has 1 aliphatic heterocycles. The number of ether oxygens (including phenoxy) is 1. The number of piperidine rings is 1. The van der Waals surface area contributed by atoms with Crippen LogP contribution in [0.3, 0.4) is 0 Å². The monoisotopic (exact) mass is 461 g/mol. The molecular formula is C26H25F2N5O. The normalized spacial score (nSPS) is 22.1. The molecule has 0 bridgehead atoms. The van der Waals surface area contributed by atoms with E-state index in [1.54, 1.807) is 10.7 Å². The molecular weight excluding hydrogens is 436 g/mol. The third-order valence-electron chi connectivity index (χ3n) is 6.96. The van der Waals surface area contributed by atoms with Crippen LogP contribution in [0.1, 0.15) is 25.3 Å². The summed E-state index contributed by atoms with van der Waals surface area (Å²) >= 11 is 0. The van der Waals surface area contributed by atoms with Gasteiger partial charge in [0.25, 0.3) is 0 Å². The van der Waals surface area contributed by atoms with Gasteiger partial charge in [-0.15, -0.1) is 0 Å². The maximum absolute atomic E-state index is 14.8. The molecule has 4 aromatic rings. The number of fused-ring (bicyclic) bond motifs is 2. The first-order valence-corrected chi connectivity index (χ1v) is 11.5. The molecule has 1 saturated heterocycles. The molecule has 34 heavy (non-hydrogen) atoms. The lowest BCUT2D eigenvalue weighted by molar-refractivity contribution is 0.296. The Labute approximate surface area is 196 Å². The summed E-state index contributed by atoms with van der Waals surface area (Å²) in [4.78, 5) is 7.07. The molecule has 3 atom stereocenters. The van der Waals surface area contributed by atoms with E-state index in [9.17, 15) is 8.78 Å². The minimum Gasteiger partial charge on any atom is -0.492 e. The minimum atomic E-state index is -0.531. The van der Waals surface area contributed by atoms with Crippen molar-refractivity contribution in [3.8, 4) is 16.9 Å². The highest BCUT2D eigenvalue weighted by Crippen LogP contribution is 2.63. The maximum Gasteiger partial charge on any atom is 0.165 e. The van der Waals surface area contributed by atoms with E-state index in [1.165, 1.54) is 18.2 Å². The van der Waals surface area contributed by atoms with Gasteiger partial charge in [-0.05, 0) is 67.6 Å². The third kappa shape index (κ3) is 3.32. The number of rotatable bonds is 6. The van der Waals surface area contributed by atoms with Crippen molar-refractivity contribution in [3.63, 3.8) is 0 Å². The van der Waals surface area contributed by atoms with Crippen LogP contribution in [0.2, 0.25) is 0 Å². The van der Waals surface area contributed by atoms with E-state index in [0.717, 1.165) is 42.1 Å². The molecule has 0 amide bonds. The number of hydrogen-bond acceptors (Lipinski definition) is 5. The fraction of sp³-hybridized carbons (Fsp3) is 0.308. The quantitative estimate of drug-likeness (QED) is 0.457. The first kappa shape index (κ1) is 21.0. The molecule has 2 aromatic carbocycles. The molecule has 174 valence electrons. The van der Waals surface area contributed by atoms with E-state index in [1.807, 2.05) is 43.5 Å². The average molecular weight is 462 g/mol. The van der Waals surface area contributed by atoms with Crippen molar-refractivity contribution in [3.05, 3.63) is 78.1 Å². The Hall–Kier alpha value is -3.52. The SMILES string of the molecule is C[C@@H](N)COc1ccc(-c2cnn3ccc(N4CC[C@H]5C[C@]54c4cc(F)ccc4F)nc23)cc1. The van der Waals surface area contributed by atoms with Crippen molar-refractivity contribution in [2.24, 2.45) is 11.7 Å². The summed E-state index contributed by atoms with van der Waals surface area (Å²) in [6.45, 7) is 3.10. The summed E-state index contributed by atoms with van der Waals surface area (Å²) in [6, 6.07) is 13.3. The molecule has 2 aliphatic rings. The second kappa shape index (κ2) is 7.77. The van der Waals surface area contributed by atoms with Crippen molar-refractivity contribution < 1.29 is 13.5 Å². The summed E-state index contributed by atoms with van der Waals surface area (Å²) in [7, 11) is 0. The Kier molecular flexibility index (Phi) is 4.81. The van der Waals surface area contributed by atoms with Crippen LogP contribution in [0, 0.1) is 17.6 Å². The number of nitrogens with zero attached hydrogens (tertiary/aromatic N) is 4. The Morgan fingerprint density at radius 2 is 2.00 bits per heavy atom. The van der Waals surface area contributed by atoms with Gasteiger partial charge < -0.3 is 15.4 Å². The Morgan fingerprint density at radius 3 is 2.76 bits per heavy atom. The zero-order valence-electron chi connectivity index (χ0n) is 18.8. The maximum atomic E-state index is 14.8. The minimum absolute atomic E-state index is 0.0392. The first-order chi connectivity index (χ1) is 16.5. The van der Waals surface area contributed by atoms with Crippen LogP contribution in [0.5, 0.6) is 5.75 Å². The van der Waals surface area contributed by atoms with Gasteiger partial charge in [0.2, 0.25) is 0 Å². The van der Waals surface area contributed by atoms with Gasteiger partial charge in [-0.3, -0.25) is 0 Å². The molecule has 6 nitrogen and oxygen atoms in total. The summed E-state index contributed by atoms with van der Waals surface area (Å²) in [5.41, 5.74) is 8.21. The van der Waals surface area contributed by atoms with Gasteiger partial charge in [0.1, 0.15) is 29.8 Å². The van der Waals surface area contributed by atoms with E-state index >= 15 is 0 Å². The van der Waals surface area contributed by atoms with Gasteiger partial charge in [0, 0.05) is 29.9 Å². The summed E-state index contributed by atoms with van der Waals surface area (Å²) in [5, 5.41) is 4.45. The highest BCUT2D eigenvalue weighted by Gasteiger charge is 2.64. The highest BCUT2D eigenvalue weighted by molar-refractivity contribution is 5.78. The van der Waals surface area contributed by atoms with Crippen molar-refractivity contribution in [1.29, 1.82) is 0 Å². The molecule has 2 N–H and O–H groups in total. The lowest BCUT2D eigenvalue weighted by atomic mass is 10.0. The Balaban J connectivity index is 1.35. The van der Waals surface area contributed by atoms with Crippen LogP contribution in [0.15, 0.2) is 60.9 Å². The second-order valence-corrected chi connectivity index (χ2v) is 9.31. The van der Waals surface area contributed by atoms with E-state index in [4.69, 9.17) is 15.5 Å². The van der Waals surface area contributed by atoms with Crippen LogP contribution in [0.4, 0.5) is 14.6 Å². The number of hydrogen-bond donors (Lipinski definition) is 1. The molecule has 3 heterocycles. The summed E-state index contributed by atoms with van der Waals surface area (Å²) < 4.78 is 36.2. The number of aromatic nitrogens is 3. The van der Waals surface area contributed by atoms with Gasteiger partial charge in [0.15, 0.2) is 5.65 Å². The first-order valence-electron chi connectivity index (χ1n) is 11.5. The van der Waals surface area contributed by atoms with Gasteiger partial charge in [-0.25, -0.2) is 18.3 Å².